The van der Waals surface area contributed by atoms with Crippen molar-refractivity contribution in [2.24, 2.45) is 11.5 Å². The molecule has 0 aliphatic rings. The molecule has 40 heavy (non-hydrogen) atoms. The van der Waals surface area contributed by atoms with E-state index in [0.717, 1.165) is 10.9 Å². The van der Waals surface area contributed by atoms with Gasteiger partial charge in [0.25, 0.3) is 0 Å². The number of carbonyl (C=O) groups excluding carboxylic acids is 4. The number of rotatable bonds is 15. The Morgan fingerprint density at radius 3 is 2.23 bits per heavy atom. The van der Waals surface area contributed by atoms with Gasteiger partial charge in [-0.2, -0.15) is 12.6 Å². The first-order chi connectivity index (χ1) is 19.1. The maximum Gasteiger partial charge on any atom is 0.326 e. The highest BCUT2D eigenvalue weighted by Crippen LogP contribution is 2.19. The number of nitrogens with zero attached hydrogens (tertiary/aromatic N) is 1. The van der Waals surface area contributed by atoms with E-state index < -0.39 is 53.8 Å². The first-order valence-electron chi connectivity index (χ1n) is 12.4. The number of H-pyrrole nitrogens is 2. The zero-order chi connectivity index (χ0) is 29.2. The molecule has 14 nitrogen and oxygen atoms in total. The van der Waals surface area contributed by atoms with Crippen molar-refractivity contribution in [3.63, 3.8) is 0 Å². The zero-order valence-electron chi connectivity index (χ0n) is 21.4. The van der Waals surface area contributed by atoms with Crippen LogP contribution < -0.4 is 27.4 Å². The van der Waals surface area contributed by atoms with E-state index in [1.807, 2.05) is 24.3 Å². The monoisotopic (exact) mass is 572 g/mol. The van der Waals surface area contributed by atoms with Gasteiger partial charge in [0.05, 0.1) is 12.4 Å². The lowest BCUT2D eigenvalue weighted by molar-refractivity contribution is -0.142. The average Bonchev–Trinajstić information content (AvgIpc) is 3.59. The van der Waals surface area contributed by atoms with Crippen LogP contribution in [0, 0.1) is 0 Å². The van der Waals surface area contributed by atoms with Crippen LogP contribution in [0.15, 0.2) is 43.0 Å². The molecular formula is C25H32N8O6S. The van der Waals surface area contributed by atoms with Crippen molar-refractivity contribution in [2.75, 3.05) is 5.75 Å². The smallest absolute Gasteiger partial charge is 0.326 e. The summed E-state index contributed by atoms with van der Waals surface area (Å²) in [7, 11) is 0. The number of hydrogen-bond acceptors (Lipinski definition) is 8. The van der Waals surface area contributed by atoms with Crippen molar-refractivity contribution in [3.05, 3.63) is 54.2 Å². The van der Waals surface area contributed by atoms with Crippen LogP contribution in [0.3, 0.4) is 0 Å². The van der Waals surface area contributed by atoms with Gasteiger partial charge in [-0.05, 0) is 18.1 Å². The van der Waals surface area contributed by atoms with Gasteiger partial charge in [-0.25, -0.2) is 9.78 Å². The first-order valence-corrected chi connectivity index (χ1v) is 13.0. The number of aliphatic carboxylic acids is 1. The summed E-state index contributed by atoms with van der Waals surface area (Å²) < 4.78 is 0. The van der Waals surface area contributed by atoms with Gasteiger partial charge in [0, 0.05) is 54.0 Å². The largest absolute Gasteiger partial charge is 0.480 e. The van der Waals surface area contributed by atoms with Crippen LogP contribution in [0.4, 0.5) is 0 Å². The molecule has 10 N–H and O–H groups in total. The fourth-order valence-electron chi connectivity index (χ4n) is 4.01. The Morgan fingerprint density at radius 1 is 0.950 bits per heavy atom. The lowest BCUT2D eigenvalue weighted by Gasteiger charge is -2.25. The number of carbonyl (C=O) groups is 5. The summed E-state index contributed by atoms with van der Waals surface area (Å²) in [6, 6.07) is 2.54. The predicted molar refractivity (Wildman–Crippen MR) is 148 cm³/mol. The molecule has 3 aromatic rings. The second-order valence-electron chi connectivity index (χ2n) is 9.16. The Kier molecular flexibility index (Phi) is 10.7. The molecule has 0 saturated heterocycles. The summed E-state index contributed by atoms with van der Waals surface area (Å²) in [6.45, 7) is 0. The van der Waals surface area contributed by atoms with E-state index in [-0.39, 0.29) is 31.4 Å². The van der Waals surface area contributed by atoms with Crippen molar-refractivity contribution >= 4 is 53.1 Å². The summed E-state index contributed by atoms with van der Waals surface area (Å²) in [5, 5.41) is 18.0. The minimum Gasteiger partial charge on any atom is -0.480 e. The van der Waals surface area contributed by atoms with Crippen molar-refractivity contribution in [3.8, 4) is 0 Å². The number of benzene rings is 1. The van der Waals surface area contributed by atoms with Crippen LogP contribution in [0.2, 0.25) is 0 Å². The van der Waals surface area contributed by atoms with Crippen LogP contribution >= 0.6 is 12.6 Å². The number of aromatic amines is 2. The SMILES string of the molecule is NC(=O)CCC(NC(=O)C(Cc1c[nH]c2ccccc12)NC(=O)C(Cc1cnc[nH]1)NC(=O)C(N)CS)C(=O)O. The average molecular weight is 573 g/mol. The van der Waals surface area contributed by atoms with E-state index in [0.29, 0.717) is 11.3 Å². The summed E-state index contributed by atoms with van der Waals surface area (Å²) in [5.41, 5.74) is 12.9. The molecule has 4 atom stereocenters. The number of thiol groups is 1. The molecule has 0 bridgehead atoms. The molecule has 1 aromatic carbocycles. The summed E-state index contributed by atoms with van der Waals surface area (Å²) in [4.78, 5) is 72.2. The number of carboxylic acid groups (broad SMARTS) is 1. The number of carboxylic acids is 1. The molecule has 0 radical (unpaired) electrons. The Balaban J connectivity index is 1.87. The van der Waals surface area contributed by atoms with Gasteiger partial charge >= 0.3 is 5.97 Å². The molecule has 2 heterocycles. The Hall–Kier alpha value is -4.37. The topological polar surface area (TPSA) is 238 Å². The van der Waals surface area contributed by atoms with Gasteiger partial charge in [0.1, 0.15) is 18.1 Å². The summed E-state index contributed by atoms with van der Waals surface area (Å²) in [5.74, 6) is -4.17. The highest BCUT2D eigenvalue weighted by atomic mass is 32.1. The van der Waals surface area contributed by atoms with E-state index in [9.17, 15) is 29.1 Å². The molecule has 3 rings (SSSR count). The summed E-state index contributed by atoms with van der Waals surface area (Å²) in [6.07, 6.45) is 4.09. The van der Waals surface area contributed by atoms with E-state index in [2.05, 4.69) is 43.5 Å². The van der Waals surface area contributed by atoms with Crippen molar-refractivity contribution in [1.29, 1.82) is 0 Å². The van der Waals surface area contributed by atoms with Gasteiger partial charge in [-0.1, -0.05) is 18.2 Å². The molecule has 2 aromatic heterocycles. The van der Waals surface area contributed by atoms with E-state index in [1.54, 1.807) is 6.20 Å². The Bertz CT molecular complexity index is 1340. The molecular weight excluding hydrogens is 540 g/mol. The predicted octanol–water partition coefficient (Wildman–Crippen LogP) is -1.26. The number of para-hydroxylation sites is 1. The Morgan fingerprint density at radius 2 is 1.60 bits per heavy atom. The number of nitrogens with two attached hydrogens (primary N) is 2. The molecule has 0 fully saturated rings. The van der Waals surface area contributed by atoms with Crippen LogP contribution in [0.1, 0.15) is 24.1 Å². The summed E-state index contributed by atoms with van der Waals surface area (Å²) >= 11 is 4.02. The van der Waals surface area contributed by atoms with Crippen molar-refractivity contribution in [1.82, 2.24) is 30.9 Å². The fraction of sp³-hybridized carbons (Fsp3) is 0.360. The minimum atomic E-state index is -1.42. The molecule has 4 unspecified atom stereocenters. The van der Waals surface area contributed by atoms with E-state index >= 15 is 0 Å². The number of hydrogen-bond donors (Lipinski definition) is 9. The van der Waals surface area contributed by atoms with Gasteiger partial charge < -0.3 is 42.5 Å². The number of imidazole rings is 1. The van der Waals surface area contributed by atoms with E-state index in [1.165, 1.54) is 12.5 Å². The van der Waals surface area contributed by atoms with Gasteiger partial charge in [0.15, 0.2) is 0 Å². The molecule has 0 aliphatic heterocycles. The highest BCUT2D eigenvalue weighted by molar-refractivity contribution is 7.80. The number of nitrogens with one attached hydrogen (secondary N) is 5. The zero-order valence-corrected chi connectivity index (χ0v) is 22.3. The molecule has 4 amide bonds. The molecule has 15 heteroatoms. The standard InChI is InChI=1S/C25H32N8O6S/c26-16(11-40)22(35)32-20(8-14-10-28-12-30-14)24(37)33-19(7-13-9-29-17-4-2-1-3-15(13)17)23(36)31-18(25(38)39)5-6-21(27)34/h1-4,9-10,12,16,18-20,29,40H,5-8,11,26H2,(H2,27,34)(H,28,30)(H,31,36)(H,32,35)(H,33,37)(H,38,39). The minimum absolute atomic E-state index is 0.00858. The second kappa shape index (κ2) is 14.1. The Labute approximate surface area is 234 Å². The third-order valence-electron chi connectivity index (χ3n) is 6.17. The lowest BCUT2D eigenvalue weighted by Crippen LogP contribution is -2.58. The highest BCUT2D eigenvalue weighted by Gasteiger charge is 2.31. The van der Waals surface area contributed by atoms with Crippen LogP contribution in [0.5, 0.6) is 0 Å². The van der Waals surface area contributed by atoms with Crippen molar-refractivity contribution in [2.45, 2.75) is 49.9 Å². The number of aromatic nitrogens is 3. The van der Waals surface area contributed by atoms with E-state index in [4.69, 9.17) is 11.5 Å². The molecule has 0 aliphatic carbocycles. The quantitative estimate of drug-likeness (QED) is 0.0993. The normalized spacial score (nSPS) is 14.1. The third kappa shape index (κ3) is 8.31. The first kappa shape index (κ1) is 30.2. The van der Waals surface area contributed by atoms with Crippen molar-refractivity contribution < 1.29 is 29.1 Å². The molecule has 214 valence electrons. The van der Waals surface area contributed by atoms with Gasteiger partial charge in [0.2, 0.25) is 23.6 Å². The second-order valence-corrected chi connectivity index (χ2v) is 9.53. The third-order valence-corrected chi connectivity index (χ3v) is 6.56. The maximum absolute atomic E-state index is 13.5. The van der Waals surface area contributed by atoms with Crippen LogP contribution in [0.25, 0.3) is 10.9 Å². The fourth-order valence-corrected chi connectivity index (χ4v) is 4.17. The molecule has 0 saturated carbocycles. The lowest BCUT2D eigenvalue weighted by atomic mass is 10.0. The molecule has 0 spiro atoms. The van der Waals surface area contributed by atoms with Crippen LogP contribution in [-0.4, -0.2) is 79.6 Å². The number of fused-ring (bicyclic) bond motifs is 1. The van der Waals surface area contributed by atoms with Gasteiger partial charge in [-0.3, -0.25) is 19.2 Å². The maximum atomic E-state index is 13.5. The van der Waals surface area contributed by atoms with Crippen LogP contribution in [-0.2, 0) is 36.8 Å². The van der Waals surface area contributed by atoms with Gasteiger partial charge in [-0.15, -0.1) is 0 Å². The number of primary amides is 1. The number of amides is 4.